The monoisotopic (exact) mass is 466 g/mol. The predicted molar refractivity (Wildman–Crippen MR) is 127 cm³/mol. The Balaban J connectivity index is 1.90. The van der Waals surface area contributed by atoms with Gasteiger partial charge < -0.3 is 14.8 Å². The molecule has 8 nitrogen and oxygen atoms in total. The van der Waals surface area contributed by atoms with E-state index in [0.717, 1.165) is 22.4 Å². The second-order valence-corrected chi connectivity index (χ2v) is 8.51. The predicted octanol–water partition coefficient (Wildman–Crippen LogP) is 5.04. The van der Waals surface area contributed by atoms with Gasteiger partial charge in [0.15, 0.2) is 11.1 Å². The van der Waals surface area contributed by atoms with Crippen LogP contribution in [0.1, 0.15) is 45.8 Å². The number of nitrogens with zero attached hydrogens (tertiary/aromatic N) is 3. The molecule has 4 rings (SSSR count). The van der Waals surface area contributed by atoms with E-state index in [1.165, 1.54) is 6.07 Å². The van der Waals surface area contributed by atoms with Gasteiger partial charge in [-0.2, -0.15) is 5.10 Å². The molecule has 2 N–H and O–H groups in total. The Labute approximate surface area is 194 Å². The first-order chi connectivity index (χ1) is 15.6. The van der Waals surface area contributed by atoms with Crippen LogP contribution >= 0.6 is 11.6 Å². The van der Waals surface area contributed by atoms with E-state index in [4.69, 9.17) is 16.0 Å². The van der Waals surface area contributed by atoms with Crippen LogP contribution < -0.4 is 10.7 Å². The summed E-state index contributed by atoms with van der Waals surface area (Å²) in [4.78, 5) is 28.9. The summed E-state index contributed by atoms with van der Waals surface area (Å²) in [5.41, 5.74) is 4.05. The van der Waals surface area contributed by atoms with E-state index in [1.807, 2.05) is 40.1 Å². The third kappa shape index (κ3) is 4.09. The number of carboxylic acids is 1. The molecule has 33 heavy (non-hydrogen) atoms. The second kappa shape index (κ2) is 8.37. The first kappa shape index (κ1) is 22.5. The molecule has 0 aliphatic rings. The van der Waals surface area contributed by atoms with E-state index < -0.39 is 12.0 Å². The highest BCUT2D eigenvalue weighted by Crippen LogP contribution is 2.33. The topological polar surface area (TPSA) is 110 Å². The fourth-order valence-electron chi connectivity index (χ4n) is 3.99. The highest BCUT2D eigenvalue weighted by atomic mass is 35.5. The summed E-state index contributed by atoms with van der Waals surface area (Å²) < 4.78 is 8.03. The lowest BCUT2D eigenvalue weighted by molar-refractivity contribution is 0.0691. The number of fused-ring (bicyclic) bond motifs is 1. The number of carboxylic acid groups (broad SMARTS) is 1. The van der Waals surface area contributed by atoms with Crippen LogP contribution in [0.5, 0.6) is 0 Å². The van der Waals surface area contributed by atoms with Crippen LogP contribution in [0, 0.1) is 20.8 Å². The van der Waals surface area contributed by atoms with E-state index in [0.29, 0.717) is 28.0 Å². The molecule has 0 radical (unpaired) electrons. The van der Waals surface area contributed by atoms with Crippen LogP contribution in [0.25, 0.3) is 22.3 Å². The van der Waals surface area contributed by atoms with Crippen LogP contribution in [0.2, 0.25) is 5.15 Å². The van der Waals surface area contributed by atoms with Crippen molar-refractivity contribution in [2.24, 2.45) is 7.05 Å². The van der Waals surface area contributed by atoms with E-state index in [9.17, 15) is 14.7 Å². The summed E-state index contributed by atoms with van der Waals surface area (Å²) in [5, 5.41) is 17.6. The largest absolute Gasteiger partial charge is 0.476 e. The maximum absolute atomic E-state index is 13.3. The first-order valence-corrected chi connectivity index (χ1v) is 10.7. The van der Waals surface area contributed by atoms with Crippen molar-refractivity contribution in [2.75, 3.05) is 5.32 Å². The smallest absolute Gasteiger partial charge is 0.356 e. The van der Waals surface area contributed by atoms with Gasteiger partial charge in [0, 0.05) is 24.4 Å². The standard InChI is InChI=1S/C24H23ClN4O4/c1-11-8-15(13(3)26-18-6-7-19(25)27-20(18)24(31)32)23-16(9-11)21(30)12(2)22(33-23)17-10-29(5)28-14(17)4/h6-10,13,26H,1-5H3,(H,31,32). The molecule has 0 saturated heterocycles. The molecule has 3 aromatic heterocycles. The molecule has 0 aliphatic heterocycles. The minimum Gasteiger partial charge on any atom is -0.476 e. The Morgan fingerprint density at radius 3 is 2.61 bits per heavy atom. The van der Waals surface area contributed by atoms with Gasteiger partial charge in [0.05, 0.1) is 28.4 Å². The normalized spacial score (nSPS) is 12.2. The summed E-state index contributed by atoms with van der Waals surface area (Å²) in [5.74, 6) is -0.729. The molecule has 1 unspecified atom stereocenters. The first-order valence-electron chi connectivity index (χ1n) is 10.3. The van der Waals surface area contributed by atoms with Crippen molar-refractivity contribution in [3.63, 3.8) is 0 Å². The third-order valence-corrected chi connectivity index (χ3v) is 5.76. The molecular formula is C24H23ClN4O4. The summed E-state index contributed by atoms with van der Waals surface area (Å²) in [6.45, 7) is 7.37. The molecule has 0 bridgehead atoms. The zero-order chi connectivity index (χ0) is 24.0. The number of aryl methyl sites for hydroxylation is 3. The number of hydrogen-bond donors (Lipinski definition) is 2. The number of aromatic nitrogens is 3. The molecular weight excluding hydrogens is 444 g/mol. The maximum Gasteiger partial charge on any atom is 0.356 e. The van der Waals surface area contributed by atoms with Gasteiger partial charge in [-0.15, -0.1) is 0 Å². The van der Waals surface area contributed by atoms with Crippen LogP contribution in [0.4, 0.5) is 5.69 Å². The number of rotatable bonds is 5. The van der Waals surface area contributed by atoms with Crippen LogP contribution in [0.3, 0.4) is 0 Å². The Bertz CT molecular complexity index is 1470. The molecule has 0 amide bonds. The quantitative estimate of drug-likeness (QED) is 0.396. The number of nitrogens with one attached hydrogen (secondary N) is 1. The Morgan fingerprint density at radius 1 is 1.24 bits per heavy atom. The molecule has 0 spiro atoms. The molecule has 1 atom stereocenters. The van der Waals surface area contributed by atoms with Crippen molar-refractivity contribution in [3.05, 3.63) is 73.9 Å². The summed E-state index contributed by atoms with van der Waals surface area (Å²) in [6.07, 6.45) is 1.82. The van der Waals surface area contributed by atoms with Gasteiger partial charge in [-0.1, -0.05) is 17.7 Å². The fraction of sp³-hybridized carbons (Fsp3) is 0.250. The average Bonchev–Trinajstić information content (AvgIpc) is 3.09. The Kier molecular flexibility index (Phi) is 5.71. The van der Waals surface area contributed by atoms with Gasteiger partial charge in [0.1, 0.15) is 16.5 Å². The fourth-order valence-corrected chi connectivity index (χ4v) is 4.14. The number of aromatic carboxylic acids is 1. The molecule has 1 aromatic carbocycles. The molecule has 0 fully saturated rings. The van der Waals surface area contributed by atoms with Crippen molar-refractivity contribution in [1.82, 2.24) is 14.8 Å². The number of benzene rings is 1. The second-order valence-electron chi connectivity index (χ2n) is 8.12. The summed E-state index contributed by atoms with van der Waals surface area (Å²) in [6, 6.07) is 6.41. The van der Waals surface area contributed by atoms with Crippen LogP contribution in [-0.2, 0) is 7.05 Å². The number of halogens is 1. The number of carbonyl (C=O) groups is 1. The van der Waals surface area contributed by atoms with Crippen molar-refractivity contribution in [1.29, 1.82) is 0 Å². The number of hydrogen-bond acceptors (Lipinski definition) is 6. The van der Waals surface area contributed by atoms with Gasteiger partial charge in [-0.3, -0.25) is 9.48 Å². The van der Waals surface area contributed by atoms with E-state index in [-0.39, 0.29) is 16.3 Å². The maximum atomic E-state index is 13.3. The van der Waals surface area contributed by atoms with Gasteiger partial charge in [-0.05, 0) is 51.5 Å². The summed E-state index contributed by atoms with van der Waals surface area (Å²) >= 11 is 5.88. The minimum atomic E-state index is -1.20. The van der Waals surface area contributed by atoms with Gasteiger partial charge in [0.25, 0.3) is 0 Å². The minimum absolute atomic E-state index is 0.0876. The lowest BCUT2D eigenvalue weighted by atomic mass is 9.99. The molecule has 3 heterocycles. The third-order valence-electron chi connectivity index (χ3n) is 5.55. The highest BCUT2D eigenvalue weighted by molar-refractivity contribution is 6.29. The zero-order valence-electron chi connectivity index (χ0n) is 18.9. The van der Waals surface area contributed by atoms with E-state index in [2.05, 4.69) is 15.4 Å². The molecule has 170 valence electrons. The highest BCUT2D eigenvalue weighted by Gasteiger charge is 2.22. The average molecular weight is 467 g/mol. The van der Waals surface area contributed by atoms with Gasteiger partial charge in [0.2, 0.25) is 0 Å². The lowest BCUT2D eigenvalue weighted by Crippen LogP contribution is -2.14. The molecule has 4 aromatic rings. The van der Waals surface area contributed by atoms with Crippen molar-refractivity contribution in [2.45, 2.75) is 33.7 Å². The number of anilines is 1. The Hall–Kier alpha value is -3.65. The molecule has 0 aliphatic carbocycles. The van der Waals surface area contributed by atoms with Crippen LogP contribution in [-0.4, -0.2) is 25.8 Å². The molecule has 0 saturated carbocycles. The van der Waals surface area contributed by atoms with Crippen molar-refractivity contribution in [3.8, 4) is 11.3 Å². The van der Waals surface area contributed by atoms with Gasteiger partial charge >= 0.3 is 5.97 Å². The van der Waals surface area contributed by atoms with Gasteiger partial charge in [-0.25, -0.2) is 9.78 Å². The van der Waals surface area contributed by atoms with E-state index in [1.54, 1.807) is 23.7 Å². The summed E-state index contributed by atoms with van der Waals surface area (Å²) in [7, 11) is 1.81. The van der Waals surface area contributed by atoms with Crippen LogP contribution in [0.15, 0.2) is 39.7 Å². The zero-order valence-corrected chi connectivity index (χ0v) is 19.6. The number of pyridine rings is 1. The Morgan fingerprint density at radius 2 is 1.97 bits per heavy atom. The molecule has 9 heteroatoms. The van der Waals surface area contributed by atoms with Crippen molar-refractivity contribution < 1.29 is 14.3 Å². The van der Waals surface area contributed by atoms with Crippen molar-refractivity contribution >= 4 is 34.2 Å². The van der Waals surface area contributed by atoms with E-state index >= 15 is 0 Å². The SMILES string of the molecule is Cc1cc(C(C)Nc2ccc(Cl)nc2C(=O)O)c2oc(-c3cn(C)nc3C)c(C)c(=O)c2c1. The lowest BCUT2D eigenvalue weighted by Gasteiger charge is -2.19.